The molecule has 1 N–H and O–H groups in total. The molecule has 0 bridgehead atoms. The van der Waals surface area contributed by atoms with Crippen LogP contribution in [-0.4, -0.2) is 12.5 Å². The van der Waals surface area contributed by atoms with Gasteiger partial charge in [0.2, 0.25) is 0 Å². The fourth-order valence-corrected chi connectivity index (χ4v) is 2.62. The second-order valence-electron chi connectivity index (χ2n) is 4.55. The first-order chi connectivity index (χ1) is 10.1. The summed E-state index contributed by atoms with van der Waals surface area (Å²) in [6.07, 6.45) is 0. The number of carbonyl (C=O) groups excluding carboxylic acids is 1. The van der Waals surface area contributed by atoms with Crippen molar-refractivity contribution in [2.75, 3.05) is 6.61 Å². The fraction of sp³-hybridized carbons (Fsp3) is 0.188. The van der Waals surface area contributed by atoms with Gasteiger partial charge in [-0.3, -0.25) is 4.79 Å². The number of nitrogens with one attached hydrogen (secondary N) is 1. The van der Waals surface area contributed by atoms with Crippen LogP contribution < -0.4 is 10.1 Å². The van der Waals surface area contributed by atoms with Crippen LogP contribution in [-0.2, 0) is 4.79 Å². The third kappa shape index (κ3) is 4.76. The highest BCUT2D eigenvalue weighted by Crippen LogP contribution is 2.22. The first-order valence-electron chi connectivity index (χ1n) is 6.48. The molecule has 0 radical (unpaired) electrons. The summed E-state index contributed by atoms with van der Waals surface area (Å²) in [6, 6.07) is 14.6. The Kier molecular flexibility index (Phi) is 5.65. The average Bonchev–Trinajstić information content (AvgIpc) is 2.47. The molecular weight excluding hydrogens is 354 g/mol. The van der Waals surface area contributed by atoms with Crippen molar-refractivity contribution in [3.8, 4) is 5.75 Å². The Hall–Kier alpha value is -1.52. The molecule has 1 amide bonds. The molecule has 5 heteroatoms. The Labute approximate surface area is 137 Å². The lowest BCUT2D eigenvalue weighted by Gasteiger charge is -2.16. The van der Waals surface area contributed by atoms with Crippen LogP contribution in [0.3, 0.4) is 0 Å². The van der Waals surface area contributed by atoms with E-state index in [1.165, 1.54) is 0 Å². The number of halogens is 2. The van der Waals surface area contributed by atoms with E-state index in [1.54, 1.807) is 24.3 Å². The quantitative estimate of drug-likeness (QED) is 0.851. The normalized spacial score (nSPS) is 11.8. The highest BCUT2D eigenvalue weighted by molar-refractivity contribution is 9.10. The summed E-state index contributed by atoms with van der Waals surface area (Å²) in [5, 5.41) is 3.53. The minimum atomic E-state index is -0.173. The number of ether oxygens (including phenoxy) is 1. The maximum absolute atomic E-state index is 11.9. The molecule has 1 atom stereocenters. The van der Waals surface area contributed by atoms with Crippen molar-refractivity contribution in [3.63, 3.8) is 0 Å². The van der Waals surface area contributed by atoms with Crippen LogP contribution in [0, 0.1) is 0 Å². The Morgan fingerprint density at radius 2 is 1.90 bits per heavy atom. The first kappa shape index (κ1) is 15.9. The predicted molar refractivity (Wildman–Crippen MR) is 87.6 cm³/mol. The van der Waals surface area contributed by atoms with Gasteiger partial charge >= 0.3 is 0 Å². The molecule has 2 aromatic carbocycles. The zero-order valence-corrected chi connectivity index (χ0v) is 13.8. The van der Waals surface area contributed by atoms with Gasteiger partial charge in [0.15, 0.2) is 6.61 Å². The second-order valence-corrected chi connectivity index (χ2v) is 5.84. The molecule has 0 heterocycles. The molecular formula is C16H15BrClNO2. The second kappa shape index (κ2) is 7.48. The number of hydrogen-bond acceptors (Lipinski definition) is 2. The van der Waals surface area contributed by atoms with Gasteiger partial charge in [-0.15, -0.1) is 0 Å². The Bertz CT molecular complexity index is 616. The topological polar surface area (TPSA) is 38.3 Å². The maximum Gasteiger partial charge on any atom is 0.258 e. The standard InChI is InChI=1S/C16H15BrClNO2/c1-11(14-4-2-3-5-15(14)17)19-16(20)10-21-13-8-6-12(18)7-9-13/h2-9,11H,10H2,1H3,(H,19,20). The molecule has 0 fully saturated rings. The molecule has 0 aromatic heterocycles. The lowest BCUT2D eigenvalue weighted by atomic mass is 10.1. The highest BCUT2D eigenvalue weighted by Gasteiger charge is 2.12. The molecule has 0 aliphatic heterocycles. The lowest BCUT2D eigenvalue weighted by molar-refractivity contribution is -0.123. The van der Waals surface area contributed by atoms with E-state index in [9.17, 15) is 4.79 Å². The third-order valence-electron chi connectivity index (χ3n) is 2.93. The zero-order chi connectivity index (χ0) is 15.2. The van der Waals surface area contributed by atoms with Gasteiger partial charge in [-0.25, -0.2) is 0 Å². The van der Waals surface area contributed by atoms with E-state index in [1.807, 2.05) is 31.2 Å². The van der Waals surface area contributed by atoms with Gasteiger partial charge in [0.05, 0.1) is 6.04 Å². The SMILES string of the molecule is CC(NC(=O)COc1ccc(Cl)cc1)c1ccccc1Br. The number of amides is 1. The van der Waals surface area contributed by atoms with Gasteiger partial charge < -0.3 is 10.1 Å². The van der Waals surface area contributed by atoms with Gasteiger partial charge in [0, 0.05) is 9.50 Å². The minimum absolute atomic E-state index is 0.0313. The molecule has 0 aliphatic rings. The number of benzene rings is 2. The summed E-state index contributed by atoms with van der Waals surface area (Å²) in [4.78, 5) is 11.9. The average molecular weight is 369 g/mol. The zero-order valence-electron chi connectivity index (χ0n) is 11.5. The molecule has 0 spiro atoms. The summed E-state index contributed by atoms with van der Waals surface area (Å²) in [5.74, 6) is 0.441. The van der Waals surface area contributed by atoms with Crippen molar-refractivity contribution in [2.45, 2.75) is 13.0 Å². The largest absolute Gasteiger partial charge is 0.484 e. The van der Waals surface area contributed by atoms with E-state index in [2.05, 4.69) is 21.2 Å². The van der Waals surface area contributed by atoms with Crippen LogP contribution in [0.5, 0.6) is 5.75 Å². The minimum Gasteiger partial charge on any atom is -0.484 e. The van der Waals surface area contributed by atoms with Crippen molar-refractivity contribution in [1.82, 2.24) is 5.32 Å². The Morgan fingerprint density at radius 3 is 2.57 bits per heavy atom. The maximum atomic E-state index is 11.9. The van der Waals surface area contributed by atoms with E-state index in [0.717, 1.165) is 10.0 Å². The van der Waals surface area contributed by atoms with Gasteiger partial charge in [-0.05, 0) is 42.8 Å². The van der Waals surface area contributed by atoms with Crippen LogP contribution in [0.25, 0.3) is 0 Å². The number of carbonyl (C=O) groups is 1. The Morgan fingerprint density at radius 1 is 1.24 bits per heavy atom. The van der Waals surface area contributed by atoms with Crippen LogP contribution in [0.1, 0.15) is 18.5 Å². The van der Waals surface area contributed by atoms with Gasteiger partial charge in [0.25, 0.3) is 5.91 Å². The molecule has 21 heavy (non-hydrogen) atoms. The molecule has 3 nitrogen and oxygen atoms in total. The van der Waals surface area contributed by atoms with Gasteiger partial charge in [0.1, 0.15) is 5.75 Å². The monoisotopic (exact) mass is 367 g/mol. The van der Waals surface area contributed by atoms with Crippen molar-refractivity contribution >= 4 is 33.4 Å². The van der Waals surface area contributed by atoms with Crippen molar-refractivity contribution in [3.05, 3.63) is 63.6 Å². The smallest absolute Gasteiger partial charge is 0.258 e. The van der Waals surface area contributed by atoms with Crippen LogP contribution in [0.4, 0.5) is 0 Å². The van der Waals surface area contributed by atoms with Crippen LogP contribution in [0.2, 0.25) is 5.02 Å². The Balaban J connectivity index is 1.87. The molecule has 0 saturated heterocycles. The van der Waals surface area contributed by atoms with E-state index in [4.69, 9.17) is 16.3 Å². The molecule has 2 rings (SSSR count). The summed E-state index contributed by atoms with van der Waals surface area (Å²) in [7, 11) is 0. The fourth-order valence-electron chi connectivity index (χ4n) is 1.87. The van der Waals surface area contributed by atoms with Gasteiger partial charge in [-0.1, -0.05) is 45.7 Å². The predicted octanol–water partition coefficient (Wildman–Crippen LogP) is 4.36. The summed E-state index contributed by atoms with van der Waals surface area (Å²) in [5.41, 5.74) is 1.03. The van der Waals surface area contributed by atoms with Crippen LogP contribution >= 0.6 is 27.5 Å². The van der Waals surface area contributed by atoms with E-state index < -0.39 is 0 Å². The number of hydrogen-bond donors (Lipinski definition) is 1. The highest BCUT2D eigenvalue weighted by atomic mass is 79.9. The molecule has 0 saturated carbocycles. The molecule has 1 unspecified atom stereocenters. The van der Waals surface area contributed by atoms with Crippen molar-refractivity contribution in [1.29, 1.82) is 0 Å². The summed E-state index contributed by atoms with van der Waals surface area (Å²) < 4.78 is 6.38. The number of rotatable bonds is 5. The molecule has 2 aromatic rings. The molecule has 110 valence electrons. The summed E-state index contributed by atoms with van der Waals surface area (Å²) >= 11 is 9.26. The molecule has 0 aliphatic carbocycles. The summed E-state index contributed by atoms with van der Waals surface area (Å²) in [6.45, 7) is 1.90. The van der Waals surface area contributed by atoms with E-state index in [-0.39, 0.29) is 18.6 Å². The van der Waals surface area contributed by atoms with Gasteiger partial charge in [-0.2, -0.15) is 0 Å². The van der Waals surface area contributed by atoms with Crippen molar-refractivity contribution < 1.29 is 9.53 Å². The van der Waals surface area contributed by atoms with E-state index in [0.29, 0.717) is 10.8 Å². The van der Waals surface area contributed by atoms with E-state index >= 15 is 0 Å². The third-order valence-corrected chi connectivity index (χ3v) is 3.91. The first-order valence-corrected chi connectivity index (χ1v) is 7.65. The van der Waals surface area contributed by atoms with Crippen LogP contribution in [0.15, 0.2) is 53.0 Å². The van der Waals surface area contributed by atoms with Crippen molar-refractivity contribution in [2.24, 2.45) is 0 Å². The lowest BCUT2D eigenvalue weighted by Crippen LogP contribution is -2.31.